The molecule has 35 heavy (non-hydrogen) atoms. The van der Waals surface area contributed by atoms with E-state index < -0.39 is 72.8 Å². The Morgan fingerprint density at radius 1 is 0.914 bits per heavy atom. The van der Waals surface area contributed by atoms with Crippen LogP contribution in [0.2, 0.25) is 0 Å². The largest absolute Gasteiger partial charge is 0.468 e. The Balaban J connectivity index is 5.26. The molecule has 0 aliphatic rings. The van der Waals surface area contributed by atoms with E-state index in [-0.39, 0.29) is 19.1 Å². The average molecular weight is 502 g/mol. The fourth-order valence-electron chi connectivity index (χ4n) is 2.74. The van der Waals surface area contributed by atoms with Gasteiger partial charge in [0.2, 0.25) is 23.6 Å². The Kier molecular flexibility index (Phi) is 15.1. The highest BCUT2D eigenvalue weighted by Crippen LogP contribution is 2.07. The maximum absolute atomic E-state index is 13.0. The molecule has 0 saturated carbocycles. The number of carbonyl (C=O) groups excluding carboxylic acids is 5. The van der Waals surface area contributed by atoms with Crippen molar-refractivity contribution in [2.45, 2.75) is 51.9 Å². The molecule has 0 saturated heterocycles. The van der Waals surface area contributed by atoms with E-state index in [1.165, 1.54) is 6.08 Å². The molecular weight excluding hydrogens is 462 g/mol. The van der Waals surface area contributed by atoms with Gasteiger partial charge in [0.05, 0.1) is 26.9 Å². The minimum atomic E-state index is -1.36. The first kappa shape index (κ1) is 32.0. The van der Waals surface area contributed by atoms with Gasteiger partial charge in [-0.2, -0.15) is 0 Å². The summed E-state index contributed by atoms with van der Waals surface area (Å²) in [5, 5.41) is 19.2. The lowest BCUT2D eigenvalue weighted by Gasteiger charge is -2.28. The maximum Gasteiger partial charge on any atom is 0.325 e. The highest BCUT2D eigenvalue weighted by atomic mass is 16.5. The quantitative estimate of drug-likeness (QED) is 0.0756. The molecule has 0 aliphatic heterocycles. The zero-order chi connectivity index (χ0) is 27.1. The van der Waals surface area contributed by atoms with Crippen molar-refractivity contribution in [2.24, 2.45) is 17.6 Å². The molecule has 0 radical (unpaired) electrons. The van der Waals surface area contributed by atoms with Crippen LogP contribution in [0, 0.1) is 11.8 Å². The van der Waals surface area contributed by atoms with E-state index in [9.17, 15) is 29.1 Å². The number of esters is 1. The molecule has 13 nitrogen and oxygen atoms in total. The van der Waals surface area contributed by atoms with E-state index in [4.69, 9.17) is 10.5 Å². The fraction of sp³-hybridized carbons (Fsp3) is 0.682. The molecule has 0 bridgehead atoms. The second-order valence-electron chi connectivity index (χ2n) is 8.43. The summed E-state index contributed by atoms with van der Waals surface area (Å²) in [5.74, 6) is -4.22. The van der Waals surface area contributed by atoms with E-state index in [1.54, 1.807) is 27.7 Å². The number of aliphatic hydroxyl groups is 1. The first-order valence-electron chi connectivity index (χ1n) is 11.2. The number of ether oxygens (including phenoxy) is 2. The van der Waals surface area contributed by atoms with Crippen molar-refractivity contribution >= 4 is 29.6 Å². The molecular formula is C22H39N5O8. The van der Waals surface area contributed by atoms with E-state index in [0.29, 0.717) is 0 Å². The number of nitrogens with one attached hydrogen (secondary N) is 4. The molecule has 0 rings (SSSR count). The topological polar surface area (TPSA) is 198 Å². The van der Waals surface area contributed by atoms with Gasteiger partial charge < -0.3 is 41.6 Å². The van der Waals surface area contributed by atoms with Crippen LogP contribution in [0.4, 0.5) is 0 Å². The lowest BCUT2D eigenvalue weighted by atomic mass is 9.99. The Morgan fingerprint density at radius 3 is 1.89 bits per heavy atom. The molecule has 4 amide bonds. The highest BCUT2D eigenvalue weighted by Gasteiger charge is 2.33. The fourth-order valence-corrected chi connectivity index (χ4v) is 2.74. The van der Waals surface area contributed by atoms with Gasteiger partial charge in [-0.15, -0.1) is 6.58 Å². The number of nitrogens with two attached hydrogens (primary N) is 1. The van der Waals surface area contributed by atoms with E-state index in [0.717, 1.165) is 7.11 Å². The van der Waals surface area contributed by atoms with Gasteiger partial charge in [-0.1, -0.05) is 33.8 Å². The number of hydrogen-bond acceptors (Lipinski definition) is 9. The van der Waals surface area contributed by atoms with E-state index >= 15 is 0 Å². The van der Waals surface area contributed by atoms with Crippen LogP contribution in [0.3, 0.4) is 0 Å². The predicted octanol–water partition coefficient (Wildman–Crippen LogP) is -2.44. The van der Waals surface area contributed by atoms with Crippen LogP contribution in [0.5, 0.6) is 0 Å². The first-order chi connectivity index (χ1) is 16.4. The van der Waals surface area contributed by atoms with Gasteiger partial charge in [0.15, 0.2) is 0 Å². The molecule has 200 valence electrons. The van der Waals surface area contributed by atoms with Gasteiger partial charge in [-0.25, -0.2) is 0 Å². The van der Waals surface area contributed by atoms with Crippen molar-refractivity contribution in [3.05, 3.63) is 12.7 Å². The zero-order valence-electron chi connectivity index (χ0n) is 21.0. The molecule has 0 aromatic carbocycles. The van der Waals surface area contributed by atoms with Gasteiger partial charge in [-0.3, -0.25) is 24.0 Å². The highest BCUT2D eigenvalue weighted by molar-refractivity contribution is 5.95. The van der Waals surface area contributed by atoms with Crippen molar-refractivity contribution in [3.63, 3.8) is 0 Å². The third kappa shape index (κ3) is 11.8. The lowest BCUT2D eigenvalue weighted by Crippen LogP contribution is -2.60. The molecule has 0 aromatic rings. The zero-order valence-corrected chi connectivity index (χ0v) is 21.0. The molecule has 0 aliphatic carbocycles. The van der Waals surface area contributed by atoms with Gasteiger partial charge in [-0.05, 0) is 11.8 Å². The van der Waals surface area contributed by atoms with Crippen molar-refractivity contribution < 1.29 is 38.6 Å². The normalized spacial score (nSPS) is 14.3. The van der Waals surface area contributed by atoms with Crippen LogP contribution in [0.25, 0.3) is 0 Å². The summed E-state index contributed by atoms with van der Waals surface area (Å²) in [6.45, 7) is 9.23. The summed E-state index contributed by atoms with van der Waals surface area (Å²) >= 11 is 0. The molecule has 4 atom stereocenters. The van der Waals surface area contributed by atoms with Crippen LogP contribution >= 0.6 is 0 Å². The number of methoxy groups -OCH3 is 1. The van der Waals surface area contributed by atoms with Gasteiger partial charge in [0.1, 0.15) is 30.7 Å². The van der Waals surface area contributed by atoms with Crippen molar-refractivity contribution in [2.75, 3.05) is 33.5 Å². The summed E-state index contributed by atoms with van der Waals surface area (Å²) in [6.07, 6.45) is 1.51. The Hall–Kier alpha value is -3.03. The Labute approximate surface area is 205 Å². The number of hydrogen-bond donors (Lipinski definition) is 6. The molecule has 0 fully saturated rings. The minimum Gasteiger partial charge on any atom is -0.468 e. The second kappa shape index (κ2) is 16.6. The second-order valence-corrected chi connectivity index (χ2v) is 8.43. The Morgan fingerprint density at radius 2 is 1.43 bits per heavy atom. The number of carbonyl (C=O) groups is 5. The van der Waals surface area contributed by atoms with Crippen molar-refractivity contribution in [1.29, 1.82) is 0 Å². The van der Waals surface area contributed by atoms with Crippen molar-refractivity contribution in [3.8, 4) is 0 Å². The maximum atomic E-state index is 13.0. The molecule has 0 heterocycles. The first-order valence-corrected chi connectivity index (χ1v) is 11.2. The summed E-state index contributed by atoms with van der Waals surface area (Å²) in [4.78, 5) is 61.5. The SMILES string of the molecule is C=CCOC[C@H](N)C(=O)N[C@H](C(=O)N[C@H](C(=O)N[C@@H](CO)C(=O)NCC(=O)OC)C(C)C)C(C)C. The number of rotatable bonds is 16. The molecule has 13 heteroatoms. The van der Waals surface area contributed by atoms with Crippen LogP contribution in [-0.4, -0.2) is 92.3 Å². The van der Waals surface area contributed by atoms with E-state index in [2.05, 4.69) is 32.6 Å². The van der Waals surface area contributed by atoms with Crippen LogP contribution in [0.1, 0.15) is 27.7 Å². The molecule has 7 N–H and O–H groups in total. The minimum absolute atomic E-state index is 0.0676. The van der Waals surface area contributed by atoms with Crippen molar-refractivity contribution in [1.82, 2.24) is 21.3 Å². The standard InChI is InChI=1S/C22H39N5O8/c1-7-8-35-11-14(23)19(30)26-18(13(4)5)22(33)27-17(12(2)3)21(32)25-15(10-28)20(31)24-9-16(29)34-6/h7,12-15,17-18,28H,1,8-11,23H2,2-6H3,(H,24,31)(H,25,32)(H,26,30)(H,27,33)/t14-,15-,17-,18-/m0/s1. The average Bonchev–Trinajstić information content (AvgIpc) is 2.81. The van der Waals surface area contributed by atoms with Crippen LogP contribution in [0.15, 0.2) is 12.7 Å². The third-order valence-electron chi connectivity index (χ3n) is 4.81. The molecule has 0 aromatic heterocycles. The van der Waals surface area contributed by atoms with Gasteiger partial charge >= 0.3 is 5.97 Å². The number of amides is 4. The Bertz CT molecular complexity index is 743. The smallest absolute Gasteiger partial charge is 0.325 e. The third-order valence-corrected chi connectivity index (χ3v) is 4.81. The summed E-state index contributed by atoms with van der Waals surface area (Å²) < 4.78 is 9.58. The van der Waals surface area contributed by atoms with Crippen LogP contribution < -0.4 is 27.0 Å². The molecule has 0 spiro atoms. The predicted molar refractivity (Wildman–Crippen MR) is 127 cm³/mol. The van der Waals surface area contributed by atoms with Crippen LogP contribution in [-0.2, 0) is 33.4 Å². The molecule has 0 unspecified atom stereocenters. The summed E-state index contributed by atoms with van der Waals surface area (Å²) in [7, 11) is 1.15. The monoisotopic (exact) mass is 501 g/mol. The van der Waals surface area contributed by atoms with E-state index in [1.807, 2.05) is 0 Å². The summed E-state index contributed by atoms with van der Waals surface area (Å²) in [6, 6.07) is -4.46. The summed E-state index contributed by atoms with van der Waals surface area (Å²) in [5.41, 5.74) is 5.80. The lowest BCUT2D eigenvalue weighted by molar-refractivity contribution is -0.141. The van der Waals surface area contributed by atoms with Gasteiger partial charge in [0.25, 0.3) is 0 Å². The number of aliphatic hydroxyl groups excluding tert-OH is 1. The van der Waals surface area contributed by atoms with Gasteiger partial charge in [0, 0.05) is 0 Å².